The first kappa shape index (κ1) is 6.30. The smallest absolute Gasteiger partial charge is 0.148 e. The maximum Gasteiger partial charge on any atom is 0.148 e. The molecule has 0 fully saturated rings. The van der Waals surface area contributed by atoms with Crippen LogP contribution < -0.4 is 0 Å². The molecule has 0 spiro atoms. The number of aliphatic hydroxyl groups is 1. The molecule has 0 amide bonds. The van der Waals surface area contributed by atoms with E-state index in [9.17, 15) is 9.59 Å². The molecule has 0 aliphatic carbocycles. The molecule has 0 rings (SSSR count). The molecular formula is C4H6O3. The standard InChI is InChI=1S/C4H6O3/c5-2-1-4(7)3-6/h2-4,7H,1H2/t4-/m1/s1. The lowest BCUT2D eigenvalue weighted by atomic mass is 10.3. The zero-order valence-electron chi connectivity index (χ0n) is 3.70. The highest BCUT2D eigenvalue weighted by molar-refractivity contribution is 5.63. The lowest BCUT2D eigenvalue weighted by molar-refractivity contribution is -0.119. The largest absolute Gasteiger partial charge is 0.385 e. The third kappa shape index (κ3) is 3.12. The van der Waals surface area contributed by atoms with E-state index < -0.39 is 6.10 Å². The molecular weight excluding hydrogens is 96.0 g/mol. The predicted molar refractivity (Wildman–Crippen MR) is 22.8 cm³/mol. The van der Waals surface area contributed by atoms with Crippen molar-refractivity contribution in [1.82, 2.24) is 0 Å². The second-order valence-electron chi connectivity index (χ2n) is 1.11. The van der Waals surface area contributed by atoms with Gasteiger partial charge in [-0.05, 0) is 0 Å². The van der Waals surface area contributed by atoms with Crippen LogP contribution in [0.25, 0.3) is 0 Å². The Bertz CT molecular complexity index is 69.3. The zero-order chi connectivity index (χ0) is 5.70. The van der Waals surface area contributed by atoms with Gasteiger partial charge in [0.05, 0.1) is 0 Å². The number of hydrogen-bond donors (Lipinski definition) is 1. The Kier molecular flexibility index (Phi) is 3.14. The molecule has 0 saturated carbocycles. The molecule has 0 aromatic heterocycles. The van der Waals surface area contributed by atoms with Crippen molar-refractivity contribution >= 4 is 12.6 Å². The fraction of sp³-hybridized carbons (Fsp3) is 0.500. The van der Waals surface area contributed by atoms with E-state index in [-0.39, 0.29) is 6.42 Å². The summed E-state index contributed by atoms with van der Waals surface area (Å²) >= 11 is 0. The Balaban J connectivity index is 3.15. The van der Waals surface area contributed by atoms with Gasteiger partial charge in [-0.25, -0.2) is 0 Å². The van der Waals surface area contributed by atoms with Gasteiger partial charge in [-0.15, -0.1) is 0 Å². The molecule has 40 valence electrons. The van der Waals surface area contributed by atoms with Crippen LogP contribution in [-0.2, 0) is 9.59 Å². The highest BCUT2D eigenvalue weighted by atomic mass is 16.3. The number of aliphatic hydroxyl groups excluding tert-OH is 1. The van der Waals surface area contributed by atoms with Crippen LogP contribution in [0.4, 0.5) is 0 Å². The Labute approximate surface area is 41.0 Å². The normalized spacial score (nSPS) is 12.7. The quantitative estimate of drug-likeness (QED) is 0.471. The fourth-order valence-electron chi connectivity index (χ4n) is 0.154. The number of rotatable bonds is 3. The second-order valence-corrected chi connectivity index (χ2v) is 1.11. The lowest BCUT2D eigenvalue weighted by Gasteiger charge is -1.88. The SMILES string of the molecule is O=CC[C@@H](O)C=O. The van der Waals surface area contributed by atoms with Gasteiger partial charge in [0.25, 0.3) is 0 Å². The van der Waals surface area contributed by atoms with Crippen molar-refractivity contribution in [2.24, 2.45) is 0 Å². The Morgan fingerprint density at radius 2 is 2.14 bits per heavy atom. The van der Waals surface area contributed by atoms with E-state index in [1.54, 1.807) is 0 Å². The minimum atomic E-state index is -1.10. The number of carbonyl (C=O) groups excluding carboxylic acids is 2. The highest BCUT2D eigenvalue weighted by Crippen LogP contribution is 1.78. The van der Waals surface area contributed by atoms with Crippen LogP contribution in [0.2, 0.25) is 0 Å². The molecule has 3 nitrogen and oxygen atoms in total. The van der Waals surface area contributed by atoms with Crippen LogP contribution in [0.15, 0.2) is 0 Å². The molecule has 0 heterocycles. The monoisotopic (exact) mass is 102 g/mol. The summed E-state index contributed by atoms with van der Waals surface area (Å²) in [6, 6.07) is 0. The van der Waals surface area contributed by atoms with E-state index in [1.807, 2.05) is 0 Å². The van der Waals surface area contributed by atoms with E-state index in [2.05, 4.69) is 0 Å². The molecule has 0 aromatic carbocycles. The summed E-state index contributed by atoms with van der Waals surface area (Å²) in [6.07, 6.45) is -0.366. The molecule has 3 heteroatoms. The zero-order valence-corrected chi connectivity index (χ0v) is 3.70. The molecule has 0 radical (unpaired) electrons. The molecule has 0 aliphatic heterocycles. The summed E-state index contributed by atoms with van der Waals surface area (Å²) in [5.41, 5.74) is 0. The molecule has 1 N–H and O–H groups in total. The van der Waals surface area contributed by atoms with E-state index in [1.165, 1.54) is 0 Å². The molecule has 0 saturated heterocycles. The molecule has 0 aliphatic rings. The summed E-state index contributed by atoms with van der Waals surface area (Å²) in [5, 5.41) is 8.26. The molecule has 0 aromatic rings. The molecule has 0 unspecified atom stereocenters. The van der Waals surface area contributed by atoms with Gasteiger partial charge in [-0.2, -0.15) is 0 Å². The van der Waals surface area contributed by atoms with Crippen LogP contribution in [0.3, 0.4) is 0 Å². The third-order valence-electron chi connectivity index (χ3n) is 0.495. The summed E-state index contributed by atoms with van der Waals surface area (Å²) in [7, 11) is 0. The van der Waals surface area contributed by atoms with E-state index in [0.29, 0.717) is 12.6 Å². The Morgan fingerprint density at radius 3 is 2.29 bits per heavy atom. The fourth-order valence-corrected chi connectivity index (χ4v) is 0.154. The minimum Gasteiger partial charge on any atom is -0.385 e. The van der Waals surface area contributed by atoms with Crippen LogP contribution in [0.1, 0.15) is 6.42 Å². The molecule has 0 bridgehead atoms. The van der Waals surface area contributed by atoms with E-state index in [4.69, 9.17) is 5.11 Å². The Morgan fingerprint density at radius 1 is 1.57 bits per heavy atom. The summed E-state index contributed by atoms with van der Waals surface area (Å²) in [6.45, 7) is 0. The third-order valence-corrected chi connectivity index (χ3v) is 0.495. The lowest BCUT2D eigenvalue weighted by Crippen LogP contribution is -2.07. The number of aldehydes is 2. The topological polar surface area (TPSA) is 54.4 Å². The van der Waals surface area contributed by atoms with Crippen LogP contribution >= 0.6 is 0 Å². The van der Waals surface area contributed by atoms with Gasteiger partial charge < -0.3 is 14.7 Å². The average molecular weight is 102 g/mol. The van der Waals surface area contributed by atoms with Gasteiger partial charge in [0.2, 0.25) is 0 Å². The van der Waals surface area contributed by atoms with Crippen molar-refractivity contribution < 1.29 is 14.7 Å². The number of carbonyl (C=O) groups is 2. The average Bonchev–Trinajstić information content (AvgIpc) is 1.68. The van der Waals surface area contributed by atoms with Crippen LogP contribution in [0.5, 0.6) is 0 Å². The van der Waals surface area contributed by atoms with Gasteiger partial charge >= 0.3 is 0 Å². The van der Waals surface area contributed by atoms with Crippen molar-refractivity contribution in [1.29, 1.82) is 0 Å². The van der Waals surface area contributed by atoms with Gasteiger partial charge in [0.1, 0.15) is 18.7 Å². The van der Waals surface area contributed by atoms with Crippen molar-refractivity contribution in [2.45, 2.75) is 12.5 Å². The van der Waals surface area contributed by atoms with E-state index in [0.717, 1.165) is 0 Å². The summed E-state index contributed by atoms with van der Waals surface area (Å²) in [5.74, 6) is 0. The molecule has 1 atom stereocenters. The molecule has 7 heavy (non-hydrogen) atoms. The summed E-state index contributed by atoms with van der Waals surface area (Å²) < 4.78 is 0. The van der Waals surface area contributed by atoms with Gasteiger partial charge in [-0.1, -0.05) is 0 Å². The first-order chi connectivity index (χ1) is 3.31. The van der Waals surface area contributed by atoms with Crippen LogP contribution in [-0.4, -0.2) is 23.8 Å². The Hall–Kier alpha value is -0.700. The summed E-state index contributed by atoms with van der Waals surface area (Å²) in [4.78, 5) is 18.9. The van der Waals surface area contributed by atoms with E-state index >= 15 is 0 Å². The van der Waals surface area contributed by atoms with Crippen molar-refractivity contribution in [3.8, 4) is 0 Å². The van der Waals surface area contributed by atoms with Gasteiger partial charge in [0.15, 0.2) is 0 Å². The highest BCUT2D eigenvalue weighted by Gasteiger charge is 1.95. The second kappa shape index (κ2) is 3.49. The predicted octanol–water partition coefficient (Wildman–Crippen LogP) is -0.865. The maximum atomic E-state index is 9.49. The van der Waals surface area contributed by atoms with Gasteiger partial charge in [-0.3, -0.25) is 0 Å². The van der Waals surface area contributed by atoms with Crippen LogP contribution in [0, 0.1) is 0 Å². The van der Waals surface area contributed by atoms with Crippen molar-refractivity contribution in [2.75, 3.05) is 0 Å². The van der Waals surface area contributed by atoms with Gasteiger partial charge in [0, 0.05) is 6.42 Å². The number of hydrogen-bond acceptors (Lipinski definition) is 3. The maximum absolute atomic E-state index is 9.49. The van der Waals surface area contributed by atoms with Crippen molar-refractivity contribution in [3.63, 3.8) is 0 Å². The first-order valence-electron chi connectivity index (χ1n) is 1.88. The minimum absolute atomic E-state index is 0.0938. The van der Waals surface area contributed by atoms with Crippen molar-refractivity contribution in [3.05, 3.63) is 0 Å². The first-order valence-corrected chi connectivity index (χ1v) is 1.88.